The Morgan fingerprint density at radius 3 is 3.19 bits per heavy atom. The molecule has 0 spiro atoms. The SMILES string of the molecule is O=C(C1CSCCS1)N1CCCc2c1ccc1[nH]cnc21. The number of aromatic nitrogens is 2. The zero-order valence-corrected chi connectivity index (χ0v) is 13.3. The van der Waals surface area contributed by atoms with Crippen LogP contribution in [0.5, 0.6) is 0 Å². The van der Waals surface area contributed by atoms with Gasteiger partial charge < -0.3 is 9.88 Å². The second-order valence-electron chi connectivity index (χ2n) is 5.39. The van der Waals surface area contributed by atoms with Crippen LogP contribution in [0.25, 0.3) is 11.0 Å². The van der Waals surface area contributed by atoms with Crippen LogP contribution >= 0.6 is 23.5 Å². The van der Waals surface area contributed by atoms with Crippen LogP contribution in [0, 0.1) is 0 Å². The molecule has 2 aliphatic heterocycles. The lowest BCUT2D eigenvalue weighted by Crippen LogP contribution is -2.43. The average Bonchev–Trinajstić information content (AvgIpc) is 3.03. The maximum atomic E-state index is 12.9. The van der Waals surface area contributed by atoms with E-state index in [4.69, 9.17) is 0 Å². The number of fused-ring (bicyclic) bond motifs is 3. The monoisotopic (exact) mass is 319 g/mol. The normalized spacial score (nSPS) is 22.3. The predicted octanol–water partition coefficient (Wildman–Crippen LogP) is 2.69. The first-order chi connectivity index (χ1) is 10.3. The van der Waals surface area contributed by atoms with Gasteiger partial charge in [-0.25, -0.2) is 4.98 Å². The Hall–Kier alpha value is -1.14. The maximum Gasteiger partial charge on any atom is 0.240 e. The van der Waals surface area contributed by atoms with Gasteiger partial charge in [0, 0.05) is 35.1 Å². The lowest BCUT2D eigenvalue weighted by Gasteiger charge is -2.33. The molecule has 0 radical (unpaired) electrons. The number of benzene rings is 1. The molecule has 2 aromatic rings. The van der Waals surface area contributed by atoms with E-state index in [2.05, 4.69) is 16.0 Å². The van der Waals surface area contributed by atoms with Crippen LogP contribution in [0.1, 0.15) is 12.0 Å². The van der Waals surface area contributed by atoms with Crippen LogP contribution in [0.2, 0.25) is 0 Å². The van der Waals surface area contributed by atoms with E-state index in [1.54, 1.807) is 6.33 Å². The number of aromatic amines is 1. The number of aryl methyl sites for hydroxylation is 1. The van der Waals surface area contributed by atoms with E-state index in [-0.39, 0.29) is 11.2 Å². The van der Waals surface area contributed by atoms with Crippen LogP contribution in [0.15, 0.2) is 18.5 Å². The van der Waals surface area contributed by atoms with Crippen molar-refractivity contribution in [3.05, 3.63) is 24.0 Å². The number of nitrogens with zero attached hydrogens (tertiary/aromatic N) is 2. The molecular weight excluding hydrogens is 302 g/mol. The lowest BCUT2D eigenvalue weighted by molar-refractivity contribution is -0.117. The fraction of sp³-hybridized carbons (Fsp3) is 0.467. The van der Waals surface area contributed by atoms with Gasteiger partial charge in [-0.3, -0.25) is 4.79 Å². The highest BCUT2D eigenvalue weighted by atomic mass is 32.2. The summed E-state index contributed by atoms with van der Waals surface area (Å²) in [7, 11) is 0. The van der Waals surface area contributed by atoms with E-state index in [0.29, 0.717) is 0 Å². The molecule has 3 heterocycles. The number of imidazole rings is 1. The molecule has 1 amide bonds. The fourth-order valence-electron chi connectivity index (χ4n) is 3.12. The van der Waals surface area contributed by atoms with E-state index < -0.39 is 0 Å². The predicted molar refractivity (Wildman–Crippen MR) is 90.3 cm³/mol. The summed E-state index contributed by atoms with van der Waals surface area (Å²) in [6.07, 6.45) is 3.77. The second-order valence-corrected chi connectivity index (χ2v) is 7.85. The van der Waals surface area contributed by atoms with Crippen LogP contribution in [0.3, 0.4) is 0 Å². The molecule has 1 aromatic heterocycles. The Kier molecular flexibility index (Phi) is 3.59. The number of carbonyl (C=O) groups excluding carboxylic acids is 1. The molecule has 4 rings (SSSR count). The summed E-state index contributed by atoms with van der Waals surface area (Å²) in [5, 5.41) is 0.115. The molecule has 1 atom stereocenters. The maximum absolute atomic E-state index is 12.9. The first kappa shape index (κ1) is 13.5. The molecule has 21 heavy (non-hydrogen) atoms. The van der Waals surface area contributed by atoms with Gasteiger partial charge in [-0.15, -0.1) is 11.8 Å². The Morgan fingerprint density at radius 1 is 1.38 bits per heavy atom. The molecule has 0 bridgehead atoms. The molecule has 1 saturated heterocycles. The van der Waals surface area contributed by atoms with Gasteiger partial charge in [0.15, 0.2) is 0 Å². The summed E-state index contributed by atoms with van der Waals surface area (Å²) in [5.41, 5.74) is 4.38. The zero-order chi connectivity index (χ0) is 14.2. The van der Waals surface area contributed by atoms with Crippen molar-refractivity contribution in [2.24, 2.45) is 0 Å². The number of hydrogen-bond acceptors (Lipinski definition) is 4. The highest BCUT2D eigenvalue weighted by Crippen LogP contribution is 2.34. The molecule has 2 aliphatic rings. The molecule has 1 fully saturated rings. The summed E-state index contributed by atoms with van der Waals surface area (Å²) in [6.45, 7) is 0.837. The smallest absolute Gasteiger partial charge is 0.240 e. The third kappa shape index (κ3) is 2.34. The van der Waals surface area contributed by atoms with Crippen molar-refractivity contribution in [1.29, 1.82) is 0 Å². The molecular formula is C15H17N3OS2. The first-order valence-corrected chi connectivity index (χ1v) is 9.50. The van der Waals surface area contributed by atoms with E-state index in [1.165, 1.54) is 11.3 Å². The van der Waals surface area contributed by atoms with E-state index in [9.17, 15) is 4.79 Å². The fourth-order valence-corrected chi connectivity index (χ4v) is 5.73. The number of nitrogens with one attached hydrogen (secondary N) is 1. The highest BCUT2D eigenvalue weighted by molar-refractivity contribution is 8.07. The van der Waals surface area contributed by atoms with Crippen LogP contribution < -0.4 is 4.90 Å². The molecule has 1 unspecified atom stereocenters. The Morgan fingerprint density at radius 2 is 2.33 bits per heavy atom. The summed E-state index contributed by atoms with van der Waals surface area (Å²) in [5.74, 6) is 3.47. The molecule has 1 N–H and O–H groups in total. The highest BCUT2D eigenvalue weighted by Gasteiger charge is 2.31. The summed E-state index contributed by atoms with van der Waals surface area (Å²) in [6, 6.07) is 4.11. The number of carbonyl (C=O) groups is 1. The van der Waals surface area contributed by atoms with E-state index in [0.717, 1.165) is 47.6 Å². The van der Waals surface area contributed by atoms with Gasteiger partial charge in [0.2, 0.25) is 5.91 Å². The van der Waals surface area contributed by atoms with Crippen molar-refractivity contribution in [3.63, 3.8) is 0 Å². The standard InChI is InChI=1S/C15H17N3OS2/c19-15(13-8-20-6-7-21-13)18-5-1-2-10-12(18)4-3-11-14(10)17-9-16-11/h3-4,9,13H,1-2,5-8H2,(H,16,17). The minimum Gasteiger partial charge on any atom is -0.345 e. The van der Waals surface area contributed by atoms with Gasteiger partial charge in [0.05, 0.1) is 22.6 Å². The van der Waals surface area contributed by atoms with Crippen LogP contribution in [-0.4, -0.2) is 44.9 Å². The number of amides is 1. The topological polar surface area (TPSA) is 49.0 Å². The van der Waals surface area contributed by atoms with Crippen molar-refractivity contribution in [3.8, 4) is 0 Å². The number of thioether (sulfide) groups is 2. The van der Waals surface area contributed by atoms with Crippen molar-refractivity contribution >= 4 is 46.2 Å². The largest absolute Gasteiger partial charge is 0.345 e. The van der Waals surface area contributed by atoms with Crippen molar-refractivity contribution in [2.75, 3.05) is 28.7 Å². The molecule has 6 heteroatoms. The first-order valence-electron chi connectivity index (χ1n) is 7.30. The summed E-state index contributed by atoms with van der Waals surface area (Å²) < 4.78 is 0. The number of H-pyrrole nitrogens is 1. The van der Waals surface area contributed by atoms with E-state index in [1.807, 2.05) is 34.5 Å². The Bertz CT molecular complexity index is 679. The minimum absolute atomic E-state index is 0.115. The number of rotatable bonds is 1. The number of anilines is 1. The van der Waals surface area contributed by atoms with Gasteiger partial charge in [-0.05, 0) is 25.0 Å². The third-order valence-corrected chi connectivity index (χ3v) is 6.87. The Labute approximate surface area is 132 Å². The minimum atomic E-state index is 0.115. The molecule has 1 aromatic carbocycles. The number of hydrogen-bond donors (Lipinski definition) is 1. The molecule has 0 aliphatic carbocycles. The lowest BCUT2D eigenvalue weighted by atomic mass is 9.99. The van der Waals surface area contributed by atoms with Gasteiger partial charge in [0.1, 0.15) is 0 Å². The van der Waals surface area contributed by atoms with E-state index >= 15 is 0 Å². The summed E-state index contributed by atoms with van der Waals surface area (Å²) in [4.78, 5) is 22.4. The second kappa shape index (κ2) is 5.57. The van der Waals surface area contributed by atoms with Gasteiger partial charge in [-0.2, -0.15) is 11.8 Å². The summed E-state index contributed by atoms with van der Waals surface area (Å²) >= 11 is 3.71. The molecule has 0 saturated carbocycles. The van der Waals surface area contributed by atoms with Gasteiger partial charge in [-0.1, -0.05) is 0 Å². The van der Waals surface area contributed by atoms with Gasteiger partial charge in [0.25, 0.3) is 0 Å². The van der Waals surface area contributed by atoms with Gasteiger partial charge >= 0.3 is 0 Å². The van der Waals surface area contributed by atoms with Crippen LogP contribution in [-0.2, 0) is 11.2 Å². The van der Waals surface area contributed by atoms with Crippen molar-refractivity contribution < 1.29 is 4.79 Å². The quantitative estimate of drug-likeness (QED) is 0.878. The third-order valence-electron chi connectivity index (χ3n) is 4.13. The zero-order valence-electron chi connectivity index (χ0n) is 11.7. The average molecular weight is 319 g/mol. The van der Waals surface area contributed by atoms with Crippen LogP contribution in [0.4, 0.5) is 5.69 Å². The Balaban J connectivity index is 1.70. The van der Waals surface area contributed by atoms with Crippen molar-refractivity contribution in [1.82, 2.24) is 9.97 Å². The van der Waals surface area contributed by atoms with Crippen molar-refractivity contribution in [2.45, 2.75) is 18.1 Å². The molecule has 110 valence electrons. The molecule has 4 nitrogen and oxygen atoms in total.